The molecule has 6 heteroatoms. The molecule has 0 amide bonds. The van der Waals surface area contributed by atoms with Gasteiger partial charge < -0.3 is 10.1 Å². The van der Waals surface area contributed by atoms with E-state index in [0.29, 0.717) is 18.7 Å². The van der Waals surface area contributed by atoms with Crippen LogP contribution in [0.15, 0.2) is 0 Å². The molecule has 0 saturated carbocycles. The first-order valence-corrected chi connectivity index (χ1v) is 8.70. The highest BCUT2D eigenvalue weighted by atomic mass is 32.2. The van der Waals surface area contributed by atoms with Crippen LogP contribution < -0.4 is 10.0 Å². The van der Waals surface area contributed by atoms with E-state index in [2.05, 4.69) is 17.0 Å². The minimum Gasteiger partial charge on any atom is -0.378 e. The summed E-state index contributed by atoms with van der Waals surface area (Å²) < 4.78 is 29.9. The summed E-state index contributed by atoms with van der Waals surface area (Å²) in [6.45, 7) is 4.38. The highest BCUT2D eigenvalue weighted by Crippen LogP contribution is 2.17. The van der Waals surface area contributed by atoms with Crippen molar-refractivity contribution in [3.63, 3.8) is 0 Å². The van der Waals surface area contributed by atoms with Crippen molar-refractivity contribution in [3.05, 3.63) is 0 Å². The zero-order valence-corrected chi connectivity index (χ0v) is 12.3. The van der Waals surface area contributed by atoms with Gasteiger partial charge in [-0.15, -0.1) is 0 Å². The fraction of sp³-hybridized carbons (Fsp3) is 1.00. The highest BCUT2D eigenvalue weighted by Gasteiger charge is 2.21. The smallest absolute Gasteiger partial charge is 0.208 e. The van der Waals surface area contributed by atoms with Crippen LogP contribution in [-0.4, -0.2) is 46.5 Å². The van der Waals surface area contributed by atoms with Crippen molar-refractivity contribution in [1.82, 2.24) is 10.0 Å². The topological polar surface area (TPSA) is 67.4 Å². The van der Waals surface area contributed by atoms with Crippen LogP contribution in [0.1, 0.15) is 39.0 Å². The van der Waals surface area contributed by atoms with E-state index in [1.165, 1.54) is 6.26 Å². The fourth-order valence-electron chi connectivity index (χ4n) is 2.24. The largest absolute Gasteiger partial charge is 0.378 e. The second-order valence-corrected chi connectivity index (χ2v) is 6.81. The third-order valence-electron chi connectivity index (χ3n) is 3.13. The summed E-state index contributed by atoms with van der Waals surface area (Å²) in [4.78, 5) is 0. The van der Waals surface area contributed by atoms with Crippen LogP contribution in [0.4, 0.5) is 0 Å². The van der Waals surface area contributed by atoms with E-state index in [0.717, 1.165) is 45.3 Å². The Labute approximate surface area is 111 Å². The lowest BCUT2D eigenvalue weighted by molar-refractivity contribution is -0.00307. The summed E-state index contributed by atoms with van der Waals surface area (Å²) in [5.74, 6) is 0. The van der Waals surface area contributed by atoms with E-state index < -0.39 is 10.0 Å². The Balaban J connectivity index is 2.08. The number of ether oxygens (including phenoxy) is 1. The predicted octanol–water partition coefficient (Wildman–Crippen LogP) is 0.863. The molecular formula is C12H26N2O3S. The van der Waals surface area contributed by atoms with Gasteiger partial charge in [0.15, 0.2) is 0 Å². The van der Waals surface area contributed by atoms with Crippen LogP contribution in [0.3, 0.4) is 0 Å². The molecule has 1 aliphatic heterocycles. The summed E-state index contributed by atoms with van der Waals surface area (Å²) in [7, 11) is -3.04. The Morgan fingerprint density at radius 2 is 2.11 bits per heavy atom. The fourth-order valence-corrected chi connectivity index (χ4v) is 2.76. The second-order valence-electron chi connectivity index (χ2n) is 4.98. The number of rotatable bonds is 8. The summed E-state index contributed by atoms with van der Waals surface area (Å²) >= 11 is 0. The Kier molecular flexibility index (Phi) is 7.14. The molecule has 0 bridgehead atoms. The van der Waals surface area contributed by atoms with E-state index in [9.17, 15) is 8.42 Å². The van der Waals surface area contributed by atoms with Crippen LogP contribution in [0.5, 0.6) is 0 Å². The molecule has 108 valence electrons. The Morgan fingerprint density at radius 3 is 2.78 bits per heavy atom. The molecule has 0 aliphatic carbocycles. The summed E-state index contributed by atoms with van der Waals surface area (Å²) in [5, 5.41) is 3.48. The molecule has 1 rings (SSSR count). The monoisotopic (exact) mass is 278 g/mol. The van der Waals surface area contributed by atoms with Crippen LogP contribution in [0.2, 0.25) is 0 Å². The Hall–Kier alpha value is -0.170. The zero-order chi connectivity index (χ0) is 13.4. The molecule has 1 aliphatic rings. The maximum atomic E-state index is 10.9. The van der Waals surface area contributed by atoms with Gasteiger partial charge in [0, 0.05) is 19.2 Å². The van der Waals surface area contributed by atoms with Gasteiger partial charge in [-0.3, -0.25) is 0 Å². The van der Waals surface area contributed by atoms with Crippen LogP contribution in [-0.2, 0) is 14.8 Å². The van der Waals surface area contributed by atoms with Gasteiger partial charge in [0.1, 0.15) is 0 Å². The van der Waals surface area contributed by atoms with Crippen molar-refractivity contribution in [2.45, 2.75) is 51.2 Å². The van der Waals surface area contributed by atoms with Crippen LogP contribution in [0, 0.1) is 0 Å². The quantitative estimate of drug-likeness (QED) is 0.646. The second kappa shape index (κ2) is 8.09. The van der Waals surface area contributed by atoms with Crippen molar-refractivity contribution in [3.8, 4) is 0 Å². The molecule has 2 atom stereocenters. The van der Waals surface area contributed by atoms with Crippen molar-refractivity contribution in [2.24, 2.45) is 0 Å². The number of hydrogen-bond acceptors (Lipinski definition) is 4. The number of nitrogens with one attached hydrogen (secondary N) is 2. The van der Waals surface area contributed by atoms with Crippen molar-refractivity contribution < 1.29 is 13.2 Å². The van der Waals surface area contributed by atoms with Gasteiger partial charge in [-0.25, -0.2) is 13.1 Å². The van der Waals surface area contributed by atoms with Gasteiger partial charge in [0.25, 0.3) is 0 Å². The van der Waals surface area contributed by atoms with Gasteiger partial charge in [-0.05, 0) is 32.2 Å². The lowest BCUT2D eigenvalue weighted by Crippen LogP contribution is -2.40. The molecule has 0 aromatic rings. The summed E-state index contributed by atoms with van der Waals surface area (Å²) in [6, 6.07) is 0.522. The van der Waals surface area contributed by atoms with E-state index in [1.54, 1.807) is 0 Å². The highest BCUT2D eigenvalue weighted by molar-refractivity contribution is 7.88. The predicted molar refractivity (Wildman–Crippen MR) is 73.1 cm³/mol. The van der Waals surface area contributed by atoms with E-state index >= 15 is 0 Å². The molecule has 0 aromatic carbocycles. The van der Waals surface area contributed by atoms with Gasteiger partial charge in [0.2, 0.25) is 10.0 Å². The normalized spacial score (nSPS) is 25.2. The van der Waals surface area contributed by atoms with Crippen molar-refractivity contribution in [1.29, 1.82) is 0 Å². The maximum absolute atomic E-state index is 10.9. The average Bonchev–Trinajstić information content (AvgIpc) is 2.28. The zero-order valence-electron chi connectivity index (χ0n) is 11.4. The molecule has 0 spiro atoms. The van der Waals surface area contributed by atoms with Crippen molar-refractivity contribution >= 4 is 10.0 Å². The van der Waals surface area contributed by atoms with Crippen molar-refractivity contribution in [2.75, 3.05) is 26.0 Å². The molecule has 1 fully saturated rings. The van der Waals surface area contributed by atoms with Gasteiger partial charge >= 0.3 is 0 Å². The molecule has 2 unspecified atom stereocenters. The Morgan fingerprint density at radius 1 is 1.33 bits per heavy atom. The summed E-state index contributed by atoms with van der Waals surface area (Å²) in [5.41, 5.74) is 0. The van der Waals surface area contributed by atoms with E-state index in [4.69, 9.17) is 4.74 Å². The lowest BCUT2D eigenvalue weighted by Gasteiger charge is -2.30. The third-order valence-corrected chi connectivity index (χ3v) is 3.86. The maximum Gasteiger partial charge on any atom is 0.208 e. The molecule has 0 aromatic heterocycles. The average molecular weight is 278 g/mol. The molecule has 18 heavy (non-hydrogen) atoms. The molecule has 1 saturated heterocycles. The lowest BCUT2D eigenvalue weighted by atomic mass is 10.00. The van der Waals surface area contributed by atoms with E-state index in [1.807, 2.05) is 0 Å². The first-order chi connectivity index (χ1) is 8.51. The molecule has 0 radical (unpaired) electrons. The Bertz CT molecular complexity index is 317. The first-order valence-electron chi connectivity index (χ1n) is 6.81. The van der Waals surface area contributed by atoms with Gasteiger partial charge in [0.05, 0.1) is 12.4 Å². The standard InChI is InChI=1S/C12H26N2O3S/c1-3-5-12-10-11(6-9-17-12)13-7-4-8-14-18(2,15)16/h11-14H,3-10H2,1-2H3. The molecular weight excluding hydrogens is 252 g/mol. The van der Waals surface area contributed by atoms with E-state index in [-0.39, 0.29) is 0 Å². The minimum atomic E-state index is -3.04. The van der Waals surface area contributed by atoms with Gasteiger partial charge in [-0.1, -0.05) is 13.3 Å². The SMILES string of the molecule is CCCC1CC(NCCCNS(C)(=O)=O)CCO1. The molecule has 1 heterocycles. The molecule has 5 nitrogen and oxygen atoms in total. The number of sulfonamides is 1. The molecule has 2 N–H and O–H groups in total. The minimum absolute atomic E-state index is 0.399. The first kappa shape index (κ1) is 15.9. The van der Waals surface area contributed by atoms with Crippen LogP contribution in [0.25, 0.3) is 0 Å². The van der Waals surface area contributed by atoms with Crippen LogP contribution >= 0.6 is 0 Å². The third kappa shape index (κ3) is 7.31. The number of hydrogen-bond donors (Lipinski definition) is 2. The summed E-state index contributed by atoms with van der Waals surface area (Å²) in [6.07, 6.45) is 6.84. The van der Waals surface area contributed by atoms with Gasteiger partial charge in [-0.2, -0.15) is 0 Å².